The van der Waals surface area contributed by atoms with Gasteiger partial charge in [-0.2, -0.15) is 0 Å². The van der Waals surface area contributed by atoms with Crippen molar-refractivity contribution in [1.29, 1.82) is 0 Å². The molecule has 1 aliphatic rings. The molecule has 0 radical (unpaired) electrons. The average Bonchev–Trinajstić information content (AvgIpc) is 3.01. The van der Waals surface area contributed by atoms with E-state index in [1.807, 2.05) is 36.4 Å². The molecule has 2 atom stereocenters. The normalized spacial score (nSPS) is 23.4. The van der Waals surface area contributed by atoms with E-state index in [1.165, 1.54) is 0 Å². The van der Waals surface area contributed by atoms with E-state index < -0.39 is 4.33 Å². The van der Waals surface area contributed by atoms with Gasteiger partial charge in [0.25, 0.3) is 0 Å². The van der Waals surface area contributed by atoms with E-state index in [9.17, 15) is 0 Å². The van der Waals surface area contributed by atoms with Crippen LogP contribution >= 0.6 is 39.1 Å². The van der Waals surface area contributed by atoms with Gasteiger partial charge in [0, 0.05) is 16.3 Å². The summed E-state index contributed by atoms with van der Waals surface area (Å²) in [6, 6.07) is 16.1. The van der Waals surface area contributed by atoms with Gasteiger partial charge in [0.2, 0.25) is 0 Å². The molecule has 0 N–H and O–H groups in total. The van der Waals surface area contributed by atoms with Crippen LogP contribution in [0, 0.1) is 0 Å². The Morgan fingerprint density at radius 2 is 1.65 bits per heavy atom. The Balaban J connectivity index is 1.90. The van der Waals surface area contributed by atoms with Crippen molar-refractivity contribution in [3.63, 3.8) is 0 Å². The van der Waals surface area contributed by atoms with E-state index in [0.29, 0.717) is 0 Å². The standard InChI is InChI=1S/C16H13BrCl2O/c1-20-13-7-5-10(6-8-13)14-15(16(14,18)19)11-3-2-4-12(17)9-11/h2-9,14-15H,1H3. The minimum Gasteiger partial charge on any atom is -0.497 e. The zero-order valence-electron chi connectivity index (χ0n) is 10.8. The Labute approximate surface area is 137 Å². The topological polar surface area (TPSA) is 9.23 Å². The smallest absolute Gasteiger partial charge is 0.133 e. The maximum Gasteiger partial charge on any atom is 0.133 e. The van der Waals surface area contributed by atoms with Crippen molar-refractivity contribution < 1.29 is 4.74 Å². The fraction of sp³-hybridized carbons (Fsp3) is 0.250. The van der Waals surface area contributed by atoms with E-state index >= 15 is 0 Å². The van der Waals surface area contributed by atoms with Gasteiger partial charge >= 0.3 is 0 Å². The maximum atomic E-state index is 6.49. The first-order chi connectivity index (χ1) is 9.54. The summed E-state index contributed by atoms with van der Waals surface area (Å²) in [7, 11) is 1.66. The molecule has 1 nitrogen and oxygen atoms in total. The van der Waals surface area contributed by atoms with Crippen LogP contribution in [0.15, 0.2) is 53.0 Å². The van der Waals surface area contributed by atoms with Crippen LogP contribution in [0.2, 0.25) is 0 Å². The predicted molar refractivity (Wildman–Crippen MR) is 87.1 cm³/mol. The lowest BCUT2D eigenvalue weighted by atomic mass is 10.0. The van der Waals surface area contributed by atoms with Crippen molar-refractivity contribution in [2.75, 3.05) is 7.11 Å². The van der Waals surface area contributed by atoms with E-state index in [4.69, 9.17) is 27.9 Å². The summed E-state index contributed by atoms with van der Waals surface area (Å²) < 4.78 is 5.48. The molecule has 2 aromatic carbocycles. The molecule has 2 aromatic rings. The predicted octanol–water partition coefficient (Wildman–Crippen LogP) is 5.51. The fourth-order valence-electron chi connectivity index (χ4n) is 2.67. The molecule has 104 valence electrons. The number of methoxy groups -OCH3 is 1. The summed E-state index contributed by atoms with van der Waals surface area (Å²) in [4.78, 5) is 0. The molecule has 4 heteroatoms. The fourth-order valence-corrected chi connectivity index (χ4v) is 3.97. The lowest BCUT2D eigenvalue weighted by Gasteiger charge is -2.03. The molecule has 1 fully saturated rings. The average molecular weight is 372 g/mol. The molecule has 0 bridgehead atoms. The van der Waals surface area contributed by atoms with Crippen LogP contribution in [0.4, 0.5) is 0 Å². The van der Waals surface area contributed by atoms with Crippen molar-refractivity contribution in [2.45, 2.75) is 16.2 Å². The molecule has 0 heterocycles. The molecule has 0 aromatic heterocycles. The highest BCUT2D eigenvalue weighted by molar-refractivity contribution is 9.10. The molecule has 3 rings (SSSR count). The molecule has 0 saturated heterocycles. The molecular weight excluding hydrogens is 359 g/mol. The zero-order valence-corrected chi connectivity index (χ0v) is 13.9. The lowest BCUT2D eigenvalue weighted by molar-refractivity contribution is 0.414. The highest BCUT2D eigenvalue weighted by Gasteiger charge is 2.64. The number of halogens is 3. The minimum absolute atomic E-state index is 0.117. The van der Waals surface area contributed by atoms with Crippen molar-refractivity contribution in [2.24, 2.45) is 0 Å². The van der Waals surface area contributed by atoms with Gasteiger partial charge < -0.3 is 4.74 Å². The van der Waals surface area contributed by atoms with Crippen LogP contribution in [0.25, 0.3) is 0 Å². The lowest BCUT2D eigenvalue weighted by Crippen LogP contribution is -1.91. The summed E-state index contributed by atoms with van der Waals surface area (Å²) in [5.74, 6) is 1.07. The zero-order chi connectivity index (χ0) is 14.3. The highest BCUT2D eigenvalue weighted by atomic mass is 79.9. The Kier molecular flexibility index (Phi) is 3.74. The molecule has 1 saturated carbocycles. The van der Waals surface area contributed by atoms with Crippen molar-refractivity contribution in [3.8, 4) is 5.75 Å². The van der Waals surface area contributed by atoms with Crippen LogP contribution in [0.1, 0.15) is 23.0 Å². The first-order valence-corrected chi connectivity index (χ1v) is 7.86. The number of hydrogen-bond donors (Lipinski definition) is 0. The van der Waals surface area contributed by atoms with Gasteiger partial charge in [-0.05, 0) is 35.4 Å². The van der Waals surface area contributed by atoms with Gasteiger partial charge in [-0.25, -0.2) is 0 Å². The first kappa shape index (κ1) is 14.2. The highest BCUT2D eigenvalue weighted by Crippen LogP contribution is 2.70. The van der Waals surface area contributed by atoms with E-state index in [-0.39, 0.29) is 11.8 Å². The third-order valence-electron chi connectivity index (χ3n) is 3.74. The van der Waals surface area contributed by atoms with E-state index in [1.54, 1.807) is 7.11 Å². The Morgan fingerprint density at radius 3 is 2.25 bits per heavy atom. The van der Waals surface area contributed by atoms with Crippen molar-refractivity contribution in [1.82, 2.24) is 0 Å². The summed E-state index contributed by atoms with van der Waals surface area (Å²) >= 11 is 16.5. The van der Waals surface area contributed by atoms with Gasteiger partial charge in [0.15, 0.2) is 0 Å². The van der Waals surface area contributed by atoms with Gasteiger partial charge in [-0.1, -0.05) is 40.2 Å². The number of rotatable bonds is 3. The molecular formula is C16H13BrCl2O. The van der Waals surface area contributed by atoms with Gasteiger partial charge in [-0.15, -0.1) is 23.2 Å². The SMILES string of the molecule is COc1ccc(C2C(c3cccc(Br)c3)C2(Cl)Cl)cc1. The van der Waals surface area contributed by atoms with Gasteiger partial charge in [0.05, 0.1) is 7.11 Å². The number of hydrogen-bond acceptors (Lipinski definition) is 1. The summed E-state index contributed by atoms with van der Waals surface area (Å²) in [6.07, 6.45) is 0. The molecule has 2 unspecified atom stereocenters. The van der Waals surface area contributed by atoms with E-state index in [0.717, 1.165) is 21.3 Å². The number of ether oxygens (including phenoxy) is 1. The third-order valence-corrected chi connectivity index (χ3v) is 5.17. The number of alkyl halides is 2. The second kappa shape index (κ2) is 5.25. The van der Waals surface area contributed by atoms with Crippen LogP contribution in [0.3, 0.4) is 0 Å². The summed E-state index contributed by atoms with van der Waals surface area (Å²) in [6.45, 7) is 0. The van der Waals surface area contributed by atoms with Crippen molar-refractivity contribution in [3.05, 3.63) is 64.1 Å². The Bertz CT molecular complexity index is 625. The van der Waals surface area contributed by atoms with Crippen molar-refractivity contribution >= 4 is 39.1 Å². The Hall–Kier alpha value is -0.700. The van der Waals surface area contributed by atoms with Gasteiger partial charge in [-0.3, -0.25) is 0 Å². The summed E-state index contributed by atoms with van der Waals surface area (Å²) in [5.41, 5.74) is 2.30. The molecule has 0 amide bonds. The van der Waals surface area contributed by atoms with E-state index in [2.05, 4.69) is 28.1 Å². The quantitative estimate of drug-likeness (QED) is 0.646. The number of benzene rings is 2. The van der Waals surface area contributed by atoms with Crippen LogP contribution in [-0.2, 0) is 0 Å². The molecule has 1 aliphatic carbocycles. The molecule has 0 aliphatic heterocycles. The van der Waals surface area contributed by atoms with Crippen LogP contribution in [0.5, 0.6) is 5.75 Å². The first-order valence-electron chi connectivity index (χ1n) is 6.31. The second-order valence-electron chi connectivity index (χ2n) is 4.96. The largest absolute Gasteiger partial charge is 0.497 e. The molecule has 0 spiro atoms. The van der Waals surface area contributed by atoms with Crippen LogP contribution < -0.4 is 4.74 Å². The minimum atomic E-state index is -0.741. The second-order valence-corrected chi connectivity index (χ2v) is 7.32. The van der Waals surface area contributed by atoms with Crippen LogP contribution in [-0.4, -0.2) is 11.4 Å². The molecule has 20 heavy (non-hydrogen) atoms. The third kappa shape index (κ3) is 2.45. The Morgan fingerprint density at radius 1 is 1.00 bits per heavy atom. The monoisotopic (exact) mass is 370 g/mol. The summed E-state index contributed by atoms with van der Waals surface area (Å²) in [5, 5.41) is 0. The van der Waals surface area contributed by atoms with Gasteiger partial charge in [0.1, 0.15) is 10.1 Å². The maximum absolute atomic E-state index is 6.49.